The molecular formula is C29H36N4O2. The van der Waals surface area contributed by atoms with Gasteiger partial charge in [-0.3, -0.25) is 14.5 Å². The van der Waals surface area contributed by atoms with Crippen LogP contribution in [0.25, 0.3) is 0 Å². The fourth-order valence-electron chi connectivity index (χ4n) is 6.84. The van der Waals surface area contributed by atoms with Crippen LogP contribution in [-0.2, 0) is 27.8 Å². The highest BCUT2D eigenvalue weighted by Crippen LogP contribution is 2.46. The first-order valence-corrected chi connectivity index (χ1v) is 13.3. The molecular weight excluding hydrogens is 436 g/mol. The van der Waals surface area contributed by atoms with E-state index in [-0.39, 0.29) is 17.9 Å². The molecule has 2 unspecified atom stereocenters. The number of nitrogens with zero attached hydrogens (tertiary/aromatic N) is 2. The number of para-hydroxylation sites is 1. The van der Waals surface area contributed by atoms with Gasteiger partial charge in [-0.15, -0.1) is 0 Å². The Labute approximate surface area is 208 Å². The van der Waals surface area contributed by atoms with Crippen LogP contribution in [0.1, 0.15) is 48.8 Å². The number of piperidine rings is 1. The average Bonchev–Trinajstić information content (AvgIpc) is 3.62. The molecule has 6 heteroatoms. The maximum Gasteiger partial charge on any atom is 0.243 e. The molecule has 184 valence electrons. The zero-order valence-corrected chi connectivity index (χ0v) is 20.5. The third-order valence-corrected chi connectivity index (χ3v) is 8.87. The first-order chi connectivity index (χ1) is 17.1. The minimum atomic E-state index is -0.444. The van der Waals surface area contributed by atoms with Gasteiger partial charge in [-0.25, -0.2) is 0 Å². The summed E-state index contributed by atoms with van der Waals surface area (Å²) in [4.78, 5) is 30.9. The summed E-state index contributed by atoms with van der Waals surface area (Å²) in [7, 11) is 0. The molecule has 1 spiro atoms. The van der Waals surface area contributed by atoms with E-state index in [1.54, 1.807) is 10.5 Å². The Balaban J connectivity index is 1.09. The zero-order valence-electron chi connectivity index (χ0n) is 20.5. The van der Waals surface area contributed by atoms with E-state index in [9.17, 15) is 9.59 Å². The molecule has 2 aromatic rings. The van der Waals surface area contributed by atoms with Gasteiger partial charge in [0, 0.05) is 37.7 Å². The summed E-state index contributed by atoms with van der Waals surface area (Å²) in [5.74, 6) is 0.0363. The number of aryl methyl sites for hydroxylation is 1. The monoisotopic (exact) mass is 472 g/mol. The topological polar surface area (TPSA) is 64.7 Å². The van der Waals surface area contributed by atoms with Crippen LogP contribution < -0.4 is 15.5 Å². The molecule has 0 saturated carbocycles. The molecule has 0 bridgehead atoms. The van der Waals surface area contributed by atoms with Gasteiger partial charge in [0.15, 0.2) is 0 Å². The number of anilines is 1. The number of hydrogen-bond donors (Lipinski definition) is 2. The SMILES string of the molecule is O=C(NC1CCNC1)C1Cc2ccccc2N1C(=O)CCN1CCC2(CCc3ccccc32)CC1. The van der Waals surface area contributed by atoms with Gasteiger partial charge >= 0.3 is 0 Å². The maximum atomic E-state index is 13.5. The predicted molar refractivity (Wildman–Crippen MR) is 138 cm³/mol. The molecule has 3 heterocycles. The largest absolute Gasteiger partial charge is 0.350 e. The molecule has 3 aliphatic heterocycles. The van der Waals surface area contributed by atoms with Crippen LogP contribution in [0.4, 0.5) is 5.69 Å². The van der Waals surface area contributed by atoms with Crippen molar-refractivity contribution in [2.24, 2.45) is 0 Å². The Morgan fingerprint density at radius 3 is 2.57 bits per heavy atom. The molecule has 0 radical (unpaired) electrons. The van der Waals surface area contributed by atoms with Crippen molar-refractivity contribution in [2.75, 3.05) is 37.6 Å². The van der Waals surface area contributed by atoms with Crippen LogP contribution >= 0.6 is 0 Å². The van der Waals surface area contributed by atoms with Crippen LogP contribution in [0.15, 0.2) is 48.5 Å². The second kappa shape index (κ2) is 9.40. The summed E-state index contributed by atoms with van der Waals surface area (Å²) >= 11 is 0. The summed E-state index contributed by atoms with van der Waals surface area (Å²) < 4.78 is 0. The predicted octanol–water partition coefficient (Wildman–Crippen LogP) is 2.79. The highest BCUT2D eigenvalue weighted by Gasteiger charge is 2.42. The van der Waals surface area contributed by atoms with Crippen molar-refractivity contribution >= 4 is 17.5 Å². The van der Waals surface area contributed by atoms with E-state index >= 15 is 0 Å². The molecule has 6 nitrogen and oxygen atoms in total. The molecule has 2 amide bonds. The first kappa shape index (κ1) is 22.7. The lowest BCUT2D eigenvalue weighted by Crippen LogP contribution is -2.51. The Morgan fingerprint density at radius 2 is 1.77 bits per heavy atom. The van der Waals surface area contributed by atoms with E-state index in [1.165, 1.54) is 31.2 Å². The smallest absolute Gasteiger partial charge is 0.243 e. The van der Waals surface area contributed by atoms with Crippen LogP contribution in [0.2, 0.25) is 0 Å². The van der Waals surface area contributed by atoms with Gasteiger partial charge in [-0.2, -0.15) is 0 Å². The Bertz CT molecular complexity index is 1100. The maximum absolute atomic E-state index is 13.5. The lowest BCUT2D eigenvalue weighted by molar-refractivity contribution is -0.126. The number of carbonyl (C=O) groups is 2. The molecule has 2 atom stereocenters. The van der Waals surface area contributed by atoms with Crippen molar-refractivity contribution in [1.82, 2.24) is 15.5 Å². The highest BCUT2D eigenvalue weighted by molar-refractivity contribution is 6.03. The standard InChI is InChI=1S/C29H36N4O2/c34-27(11-16-32-17-13-29(14-18-32)12-9-21-5-1-3-7-24(21)29)33-25-8-4-2-6-22(25)19-26(33)28(35)31-23-10-15-30-20-23/h1-8,23,26,30H,9-20H2,(H,31,35). The summed E-state index contributed by atoms with van der Waals surface area (Å²) in [6.07, 6.45) is 6.79. The van der Waals surface area contributed by atoms with Crippen molar-refractivity contribution in [3.8, 4) is 0 Å². The van der Waals surface area contributed by atoms with E-state index in [1.807, 2.05) is 24.3 Å². The minimum absolute atomic E-state index is 0.0249. The fourth-order valence-corrected chi connectivity index (χ4v) is 6.84. The second-order valence-electron chi connectivity index (χ2n) is 10.8. The van der Waals surface area contributed by atoms with Crippen molar-refractivity contribution in [1.29, 1.82) is 0 Å². The lowest BCUT2D eigenvalue weighted by Gasteiger charge is -2.40. The van der Waals surface area contributed by atoms with E-state index in [0.29, 0.717) is 18.3 Å². The third kappa shape index (κ3) is 4.27. The Hall–Kier alpha value is -2.70. The number of amides is 2. The molecule has 35 heavy (non-hydrogen) atoms. The van der Waals surface area contributed by atoms with E-state index < -0.39 is 6.04 Å². The summed E-state index contributed by atoms with van der Waals surface area (Å²) in [6.45, 7) is 4.57. The van der Waals surface area contributed by atoms with Crippen LogP contribution in [0, 0.1) is 0 Å². The summed E-state index contributed by atoms with van der Waals surface area (Å²) in [6, 6.07) is 16.7. The molecule has 2 fully saturated rings. The molecule has 6 rings (SSSR count). The zero-order chi connectivity index (χ0) is 23.8. The van der Waals surface area contributed by atoms with Gasteiger partial charge in [-0.05, 0) is 79.9 Å². The number of hydrogen-bond acceptors (Lipinski definition) is 4. The van der Waals surface area contributed by atoms with Crippen molar-refractivity contribution in [3.63, 3.8) is 0 Å². The summed E-state index contributed by atoms with van der Waals surface area (Å²) in [5.41, 5.74) is 5.42. The van der Waals surface area contributed by atoms with Crippen molar-refractivity contribution in [3.05, 3.63) is 65.2 Å². The first-order valence-electron chi connectivity index (χ1n) is 13.3. The Kier molecular flexibility index (Phi) is 6.11. The van der Waals surface area contributed by atoms with Gasteiger partial charge < -0.3 is 15.5 Å². The number of benzene rings is 2. The average molecular weight is 473 g/mol. The molecule has 2 aromatic carbocycles. The third-order valence-electron chi connectivity index (χ3n) is 8.87. The molecule has 1 aliphatic carbocycles. The van der Waals surface area contributed by atoms with Crippen molar-refractivity contribution < 1.29 is 9.59 Å². The highest BCUT2D eigenvalue weighted by atomic mass is 16.2. The molecule has 0 aromatic heterocycles. The van der Waals surface area contributed by atoms with E-state index in [4.69, 9.17) is 0 Å². The van der Waals surface area contributed by atoms with Gasteiger partial charge in [0.2, 0.25) is 11.8 Å². The van der Waals surface area contributed by atoms with Crippen LogP contribution in [-0.4, -0.2) is 61.5 Å². The van der Waals surface area contributed by atoms with Gasteiger partial charge in [0.25, 0.3) is 0 Å². The fraction of sp³-hybridized carbons (Fsp3) is 0.517. The number of fused-ring (bicyclic) bond motifs is 3. The van der Waals surface area contributed by atoms with Gasteiger partial charge in [0.1, 0.15) is 6.04 Å². The van der Waals surface area contributed by atoms with Gasteiger partial charge in [0.05, 0.1) is 0 Å². The van der Waals surface area contributed by atoms with E-state index in [0.717, 1.165) is 50.4 Å². The second-order valence-corrected chi connectivity index (χ2v) is 10.8. The quantitative estimate of drug-likeness (QED) is 0.703. The molecule has 2 N–H and O–H groups in total. The van der Waals surface area contributed by atoms with Crippen molar-refractivity contribution in [2.45, 2.75) is 62.4 Å². The molecule has 4 aliphatic rings. The number of rotatable bonds is 5. The molecule has 2 saturated heterocycles. The summed E-state index contributed by atoms with van der Waals surface area (Å²) in [5, 5.41) is 6.47. The normalized spacial score (nSPS) is 25.0. The number of likely N-dealkylation sites (tertiary alicyclic amines) is 1. The van der Waals surface area contributed by atoms with Crippen LogP contribution in [0.3, 0.4) is 0 Å². The number of nitrogens with one attached hydrogen (secondary N) is 2. The lowest BCUT2D eigenvalue weighted by atomic mass is 9.74. The number of carbonyl (C=O) groups excluding carboxylic acids is 2. The van der Waals surface area contributed by atoms with Gasteiger partial charge in [-0.1, -0.05) is 42.5 Å². The van der Waals surface area contributed by atoms with Crippen LogP contribution in [0.5, 0.6) is 0 Å². The van der Waals surface area contributed by atoms with E-state index in [2.05, 4.69) is 39.8 Å². The Morgan fingerprint density at radius 1 is 1.00 bits per heavy atom. The minimum Gasteiger partial charge on any atom is -0.350 e.